The van der Waals surface area contributed by atoms with Crippen molar-refractivity contribution in [3.05, 3.63) is 0 Å². The molecular weight excluding hydrogens is 234 g/mol. The Kier molecular flexibility index (Phi) is 5.24. The molecule has 1 heterocycles. The number of alkyl halides is 1. The van der Waals surface area contributed by atoms with Gasteiger partial charge in [0.1, 0.15) is 0 Å². The highest BCUT2D eigenvalue weighted by Crippen LogP contribution is 2.11. The summed E-state index contributed by atoms with van der Waals surface area (Å²) in [4.78, 5) is 2.13. The summed E-state index contributed by atoms with van der Waals surface area (Å²) in [6.07, 6.45) is 2.52. The maximum absolute atomic E-state index is 9.27. The van der Waals surface area contributed by atoms with E-state index < -0.39 is 12.2 Å². The Morgan fingerprint density at radius 2 is 1.69 bits per heavy atom. The topological polar surface area (TPSA) is 43.7 Å². The molecule has 0 spiro atoms. The number of β-amino-alcohol motifs (C(OH)–C–C–N with tert-alkyl or cyclic N) is 2. The molecule has 2 N–H and O–H groups in total. The molecule has 0 aliphatic carbocycles. The fourth-order valence-electron chi connectivity index (χ4n) is 1.64. The Morgan fingerprint density at radius 1 is 1.08 bits per heavy atom. The van der Waals surface area contributed by atoms with E-state index in [0.29, 0.717) is 13.1 Å². The van der Waals surface area contributed by atoms with Crippen LogP contribution in [-0.2, 0) is 0 Å². The van der Waals surface area contributed by atoms with Crippen LogP contribution in [0.3, 0.4) is 0 Å². The van der Waals surface area contributed by atoms with Gasteiger partial charge in [0.15, 0.2) is 0 Å². The van der Waals surface area contributed by atoms with Gasteiger partial charge in [-0.2, -0.15) is 0 Å². The van der Waals surface area contributed by atoms with Crippen LogP contribution in [0.15, 0.2) is 0 Å². The molecule has 1 rings (SSSR count). The summed E-state index contributed by atoms with van der Waals surface area (Å²) in [5.74, 6) is 0. The maximum atomic E-state index is 9.27. The molecule has 0 radical (unpaired) electrons. The van der Waals surface area contributed by atoms with E-state index in [1.54, 1.807) is 0 Å². The molecule has 0 bridgehead atoms. The average molecular weight is 252 g/mol. The third-order valence-electron chi connectivity index (χ3n) is 2.44. The van der Waals surface area contributed by atoms with Crippen LogP contribution in [0.4, 0.5) is 0 Å². The molecule has 0 amide bonds. The average Bonchev–Trinajstić information content (AvgIpc) is 2.41. The Balaban J connectivity index is 2.03. The van der Waals surface area contributed by atoms with Gasteiger partial charge in [0.25, 0.3) is 0 Å². The molecule has 0 saturated carbocycles. The number of rotatable bonds is 5. The minimum absolute atomic E-state index is 0.531. The molecule has 1 fully saturated rings. The second-order valence-electron chi connectivity index (χ2n) is 3.64. The molecule has 0 aromatic carbocycles. The SMILES string of the molecule is OC1CN(CCCCCBr)CC1O. The number of aliphatic hydroxyl groups is 2. The van der Waals surface area contributed by atoms with Crippen LogP contribution in [-0.4, -0.2) is 52.3 Å². The molecule has 0 aromatic rings. The van der Waals surface area contributed by atoms with Gasteiger partial charge in [-0.3, -0.25) is 4.90 Å². The predicted molar refractivity (Wildman–Crippen MR) is 56.1 cm³/mol. The van der Waals surface area contributed by atoms with E-state index in [-0.39, 0.29) is 0 Å². The van der Waals surface area contributed by atoms with Gasteiger partial charge in [-0.15, -0.1) is 0 Å². The number of nitrogens with zero attached hydrogens (tertiary/aromatic N) is 1. The molecule has 1 saturated heterocycles. The van der Waals surface area contributed by atoms with E-state index in [4.69, 9.17) is 0 Å². The molecule has 2 unspecified atom stereocenters. The summed E-state index contributed by atoms with van der Waals surface area (Å²) < 4.78 is 0. The quantitative estimate of drug-likeness (QED) is 0.556. The smallest absolute Gasteiger partial charge is 0.0938 e. The van der Waals surface area contributed by atoms with Crippen molar-refractivity contribution in [2.75, 3.05) is 25.0 Å². The van der Waals surface area contributed by atoms with Crippen LogP contribution in [0.25, 0.3) is 0 Å². The normalized spacial score (nSPS) is 29.8. The Hall–Kier alpha value is 0.360. The van der Waals surface area contributed by atoms with Gasteiger partial charge in [0, 0.05) is 18.4 Å². The summed E-state index contributed by atoms with van der Waals surface area (Å²) in [5, 5.41) is 19.6. The molecule has 0 aromatic heterocycles. The number of halogens is 1. The fourth-order valence-corrected chi connectivity index (χ4v) is 2.03. The molecule has 13 heavy (non-hydrogen) atoms. The van der Waals surface area contributed by atoms with Crippen LogP contribution in [0, 0.1) is 0 Å². The zero-order chi connectivity index (χ0) is 9.68. The van der Waals surface area contributed by atoms with E-state index >= 15 is 0 Å². The lowest BCUT2D eigenvalue weighted by Gasteiger charge is -2.13. The number of hydrogen-bond acceptors (Lipinski definition) is 3. The molecule has 78 valence electrons. The zero-order valence-electron chi connectivity index (χ0n) is 7.82. The number of aliphatic hydroxyl groups excluding tert-OH is 2. The molecule has 1 aliphatic rings. The van der Waals surface area contributed by atoms with Crippen LogP contribution >= 0.6 is 15.9 Å². The number of likely N-dealkylation sites (tertiary alicyclic amines) is 1. The maximum Gasteiger partial charge on any atom is 0.0938 e. The monoisotopic (exact) mass is 251 g/mol. The van der Waals surface area contributed by atoms with Crippen molar-refractivity contribution in [1.29, 1.82) is 0 Å². The van der Waals surface area contributed by atoms with Crippen molar-refractivity contribution in [2.45, 2.75) is 31.5 Å². The first-order valence-electron chi connectivity index (χ1n) is 4.88. The first kappa shape index (κ1) is 11.4. The van der Waals surface area contributed by atoms with Gasteiger partial charge in [0.05, 0.1) is 12.2 Å². The van der Waals surface area contributed by atoms with Gasteiger partial charge in [-0.05, 0) is 19.4 Å². The minimum atomic E-state index is -0.531. The lowest BCUT2D eigenvalue weighted by Crippen LogP contribution is -2.23. The van der Waals surface area contributed by atoms with Gasteiger partial charge < -0.3 is 10.2 Å². The van der Waals surface area contributed by atoms with E-state index in [1.807, 2.05) is 0 Å². The lowest BCUT2D eigenvalue weighted by molar-refractivity contribution is 0.0572. The first-order chi connectivity index (χ1) is 6.24. The highest BCUT2D eigenvalue weighted by atomic mass is 79.9. The van der Waals surface area contributed by atoms with Crippen LogP contribution in [0.1, 0.15) is 19.3 Å². The zero-order valence-corrected chi connectivity index (χ0v) is 9.41. The van der Waals surface area contributed by atoms with Crippen molar-refractivity contribution in [3.63, 3.8) is 0 Å². The summed E-state index contributed by atoms with van der Waals surface area (Å²) in [6.45, 7) is 2.27. The third-order valence-corrected chi connectivity index (χ3v) is 3.00. The standard InChI is InChI=1S/C9H18BrNO2/c10-4-2-1-3-5-11-6-8(12)9(13)7-11/h8-9,12-13H,1-7H2. The van der Waals surface area contributed by atoms with Crippen LogP contribution < -0.4 is 0 Å². The Bertz CT molecular complexity index is 136. The molecule has 2 atom stereocenters. The van der Waals surface area contributed by atoms with E-state index in [0.717, 1.165) is 18.3 Å². The minimum Gasteiger partial charge on any atom is -0.389 e. The van der Waals surface area contributed by atoms with Crippen molar-refractivity contribution >= 4 is 15.9 Å². The summed E-state index contributed by atoms with van der Waals surface area (Å²) in [6, 6.07) is 0. The highest BCUT2D eigenvalue weighted by Gasteiger charge is 2.28. The van der Waals surface area contributed by atoms with Gasteiger partial charge in [-0.25, -0.2) is 0 Å². The summed E-state index contributed by atoms with van der Waals surface area (Å²) >= 11 is 3.39. The van der Waals surface area contributed by atoms with Crippen molar-refractivity contribution < 1.29 is 10.2 Å². The second-order valence-corrected chi connectivity index (χ2v) is 4.44. The van der Waals surface area contributed by atoms with E-state index in [2.05, 4.69) is 20.8 Å². The first-order valence-corrected chi connectivity index (χ1v) is 6.00. The van der Waals surface area contributed by atoms with Crippen LogP contribution in [0.5, 0.6) is 0 Å². The fraction of sp³-hybridized carbons (Fsp3) is 1.00. The van der Waals surface area contributed by atoms with E-state index in [9.17, 15) is 10.2 Å². The predicted octanol–water partition coefficient (Wildman–Crippen LogP) is 0.589. The highest BCUT2D eigenvalue weighted by molar-refractivity contribution is 9.09. The molecule has 4 heteroatoms. The largest absolute Gasteiger partial charge is 0.389 e. The molecular formula is C9H18BrNO2. The molecule has 3 nitrogen and oxygen atoms in total. The van der Waals surface area contributed by atoms with Gasteiger partial charge >= 0.3 is 0 Å². The molecule has 1 aliphatic heterocycles. The third kappa shape index (κ3) is 3.94. The van der Waals surface area contributed by atoms with Gasteiger partial charge in [-0.1, -0.05) is 22.4 Å². The Morgan fingerprint density at radius 3 is 2.23 bits per heavy atom. The summed E-state index contributed by atoms with van der Waals surface area (Å²) in [5.41, 5.74) is 0. The number of unbranched alkanes of at least 4 members (excludes halogenated alkanes) is 2. The van der Waals surface area contributed by atoms with Crippen molar-refractivity contribution in [2.24, 2.45) is 0 Å². The Labute approximate surface area is 87.9 Å². The van der Waals surface area contributed by atoms with Crippen LogP contribution in [0.2, 0.25) is 0 Å². The van der Waals surface area contributed by atoms with Gasteiger partial charge in [0.2, 0.25) is 0 Å². The van der Waals surface area contributed by atoms with Crippen molar-refractivity contribution in [1.82, 2.24) is 4.90 Å². The number of hydrogen-bond donors (Lipinski definition) is 2. The van der Waals surface area contributed by atoms with Crippen molar-refractivity contribution in [3.8, 4) is 0 Å². The summed E-state index contributed by atoms with van der Waals surface area (Å²) in [7, 11) is 0. The lowest BCUT2D eigenvalue weighted by atomic mass is 10.2. The second kappa shape index (κ2) is 5.96. The van der Waals surface area contributed by atoms with E-state index in [1.165, 1.54) is 12.8 Å².